The summed E-state index contributed by atoms with van der Waals surface area (Å²) in [5, 5.41) is 6.02. The Kier molecular flexibility index (Phi) is 5.76. The minimum atomic E-state index is -0.363. The Labute approximate surface area is 163 Å². The van der Waals surface area contributed by atoms with Gasteiger partial charge in [0.15, 0.2) is 5.13 Å². The minimum absolute atomic E-state index is 0.359. The normalized spacial score (nSPS) is 10.7. The highest BCUT2D eigenvalue weighted by Crippen LogP contribution is 2.33. The SMILES string of the molecule is COC(=O)c1cccc(Nc2nc(-c3ccc(OC)c(C(C)C)c3)cs2)c1. The van der Waals surface area contributed by atoms with Crippen LogP contribution in [0.1, 0.15) is 35.7 Å². The summed E-state index contributed by atoms with van der Waals surface area (Å²) in [6.45, 7) is 4.29. The Balaban J connectivity index is 1.83. The molecule has 2 aromatic carbocycles. The maximum Gasteiger partial charge on any atom is 0.337 e. The zero-order chi connectivity index (χ0) is 19.4. The standard InChI is InChI=1S/C21H22N2O3S/c1-13(2)17-11-14(8-9-19(17)25-3)18-12-27-21(23-18)22-16-7-5-6-15(10-16)20(24)26-4/h5-13H,1-4H3,(H,22,23). The first-order valence-corrected chi connectivity index (χ1v) is 9.49. The van der Waals surface area contributed by atoms with Crippen LogP contribution in [0.15, 0.2) is 47.8 Å². The number of rotatable bonds is 6. The van der Waals surface area contributed by atoms with E-state index in [-0.39, 0.29) is 5.97 Å². The van der Waals surface area contributed by atoms with Gasteiger partial charge in [-0.25, -0.2) is 9.78 Å². The molecule has 0 fully saturated rings. The van der Waals surface area contributed by atoms with Crippen molar-refractivity contribution in [3.63, 3.8) is 0 Å². The number of carbonyl (C=O) groups is 1. The number of carbonyl (C=O) groups excluding carboxylic acids is 1. The Morgan fingerprint density at radius 2 is 1.96 bits per heavy atom. The second kappa shape index (κ2) is 8.22. The molecule has 0 aliphatic rings. The molecule has 5 nitrogen and oxygen atoms in total. The number of hydrogen-bond acceptors (Lipinski definition) is 6. The lowest BCUT2D eigenvalue weighted by atomic mass is 9.99. The molecule has 140 valence electrons. The highest BCUT2D eigenvalue weighted by atomic mass is 32.1. The largest absolute Gasteiger partial charge is 0.496 e. The molecule has 1 heterocycles. The Bertz CT molecular complexity index is 950. The van der Waals surface area contributed by atoms with E-state index in [1.54, 1.807) is 19.2 Å². The molecule has 0 unspecified atom stereocenters. The van der Waals surface area contributed by atoms with Crippen LogP contribution in [0.25, 0.3) is 11.3 Å². The van der Waals surface area contributed by atoms with Crippen LogP contribution in [0.5, 0.6) is 5.75 Å². The number of nitrogens with zero attached hydrogens (tertiary/aromatic N) is 1. The van der Waals surface area contributed by atoms with Crippen LogP contribution in [0, 0.1) is 0 Å². The number of aromatic nitrogens is 1. The van der Waals surface area contributed by atoms with Gasteiger partial charge in [0, 0.05) is 16.6 Å². The number of methoxy groups -OCH3 is 2. The van der Waals surface area contributed by atoms with Gasteiger partial charge in [0.2, 0.25) is 0 Å². The van der Waals surface area contributed by atoms with E-state index in [0.717, 1.165) is 33.4 Å². The van der Waals surface area contributed by atoms with Gasteiger partial charge in [-0.15, -0.1) is 11.3 Å². The third-order valence-electron chi connectivity index (χ3n) is 4.19. The van der Waals surface area contributed by atoms with E-state index in [0.29, 0.717) is 11.5 Å². The molecule has 1 aromatic heterocycles. The summed E-state index contributed by atoms with van der Waals surface area (Å²) in [7, 11) is 3.06. The number of esters is 1. The van der Waals surface area contributed by atoms with Crippen LogP contribution in [0.2, 0.25) is 0 Å². The lowest BCUT2D eigenvalue weighted by molar-refractivity contribution is 0.0601. The van der Waals surface area contributed by atoms with Crippen LogP contribution in [0.3, 0.4) is 0 Å². The first kappa shape index (κ1) is 18.9. The second-order valence-corrected chi connectivity index (χ2v) is 7.20. The molecule has 1 N–H and O–H groups in total. The minimum Gasteiger partial charge on any atom is -0.496 e. The quantitative estimate of drug-likeness (QED) is 0.573. The van der Waals surface area contributed by atoms with Gasteiger partial charge in [0.1, 0.15) is 5.75 Å². The highest BCUT2D eigenvalue weighted by Gasteiger charge is 2.12. The van der Waals surface area contributed by atoms with Crippen molar-refractivity contribution in [2.45, 2.75) is 19.8 Å². The summed E-state index contributed by atoms with van der Waals surface area (Å²) >= 11 is 1.51. The molecule has 3 aromatic rings. The van der Waals surface area contributed by atoms with Gasteiger partial charge in [-0.3, -0.25) is 0 Å². The number of hydrogen-bond donors (Lipinski definition) is 1. The molecule has 0 saturated heterocycles. The van der Waals surface area contributed by atoms with Crippen molar-refractivity contribution in [3.05, 3.63) is 59.0 Å². The van der Waals surface area contributed by atoms with E-state index in [4.69, 9.17) is 9.47 Å². The molecular formula is C21H22N2O3S. The average Bonchev–Trinajstić information content (AvgIpc) is 3.15. The van der Waals surface area contributed by atoms with E-state index in [1.165, 1.54) is 18.4 Å². The van der Waals surface area contributed by atoms with Gasteiger partial charge >= 0.3 is 5.97 Å². The van der Waals surface area contributed by atoms with Crippen molar-refractivity contribution in [1.29, 1.82) is 0 Å². The van der Waals surface area contributed by atoms with E-state index >= 15 is 0 Å². The maximum absolute atomic E-state index is 11.7. The number of thiazole rings is 1. The predicted octanol–water partition coefficient (Wildman–Crippen LogP) is 5.47. The zero-order valence-electron chi connectivity index (χ0n) is 15.8. The van der Waals surface area contributed by atoms with Crippen LogP contribution in [-0.2, 0) is 4.74 Å². The van der Waals surface area contributed by atoms with Crippen molar-refractivity contribution in [2.24, 2.45) is 0 Å². The van der Waals surface area contributed by atoms with Gasteiger partial charge in [-0.1, -0.05) is 19.9 Å². The van der Waals surface area contributed by atoms with Crippen molar-refractivity contribution in [2.75, 3.05) is 19.5 Å². The summed E-state index contributed by atoms with van der Waals surface area (Å²) < 4.78 is 10.2. The fourth-order valence-electron chi connectivity index (χ4n) is 2.77. The molecule has 0 bridgehead atoms. The van der Waals surface area contributed by atoms with Crippen LogP contribution in [-0.4, -0.2) is 25.2 Å². The Hall–Kier alpha value is -2.86. The third kappa shape index (κ3) is 4.28. The Morgan fingerprint density at radius 3 is 2.67 bits per heavy atom. The van der Waals surface area contributed by atoms with Crippen LogP contribution >= 0.6 is 11.3 Å². The molecule has 0 aliphatic heterocycles. The fourth-order valence-corrected chi connectivity index (χ4v) is 3.51. The molecular weight excluding hydrogens is 360 g/mol. The van der Waals surface area contributed by atoms with Crippen molar-refractivity contribution < 1.29 is 14.3 Å². The van der Waals surface area contributed by atoms with Crippen LogP contribution < -0.4 is 10.1 Å². The average molecular weight is 382 g/mol. The summed E-state index contributed by atoms with van der Waals surface area (Å²) in [5.41, 5.74) is 4.39. The first-order chi connectivity index (χ1) is 13.0. The van der Waals surface area contributed by atoms with E-state index in [9.17, 15) is 4.79 Å². The van der Waals surface area contributed by atoms with Gasteiger partial charge in [0.25, 0.3) is 0 Å². The van der Waals surface area contributed by atoms with Crippen molar-refractivity contribution >= 4 is 28.1 Å². The van der Waals surface area contributed by atoms with Crippen molar-refractivity contribution in [1.82, 2.24) is 4.98 Å². The number of anilines is 2. The molecule has 6 heteroatoms. The topological polar surface area (TPSA) is 60.5 Å². The summed E-state index contributed by atoms with van der Waals surface area (Å²) in [6, 6.07) is 13.3. The smallest absolute Gasteiger partial charge is 0.337 e. The molecule has 3 rings (SSSR count). The van der Waals surface area contributed by atoms with E-state index < -0.39 is 0 Å². The Morgan fingerprint density at radius 1 is 1.15 bits per heavy atom. The van der Waals surface area contributed by atoms with E-state index in [2.05, 4.69) is 30.2 Å². The van der Waals surface area contributed by atoms with Crippen LogP contribution in [0.4, 0.5) is 10.8 Å². The van der Waals surface area contributed by atoms with Gasteiger partial charge < -0.3 is 14.8 Å². The summed E-state index contributed by atoms with van der Waals surface area (Å²) in [4.78, 5) is 16.3. The van der Waals surface area contributed by atoms with Gasteiger partial charge in [-0.05, 0) is 47.9 Å². The monoisotopic (exact) mass is 382 g/mol. The van der Waals surface area contributed by atoms with Gasteiger partial charge in [-0.2, -0.15) is 0 Å². The number of nitrogens with one attached hydrogen (secondary N) is 1. The molecule has 0 atom stereocenters. The second-order valence-electron chi connectivity index (χ2n) is 6.35. The number of benzene rings is 2. The molecule has 27 heavy (non-hydrogen) atoms. The fraction of sp³-hybridized carbons (Fsp3) is 0.238. The lowest BCUT2D eigenvalue weighted by Crippen LogP contribution is -2.01. The summed E-state index contributed by atoms with van der Waals surface area (Å²) in [5.74, 6) is 0.886. The van der Waals surface area contributed by atoms with Gasteiger partial charge in [0.05, 0.1) is 25.5 Å². The third-order valence-corrected chi connectivity index (χ3v) is 4.94. The maximum atomic E-state index is 11.7. The lowest BCUT2D eigenvalue weighted by Gasteiger charge is -2.12. The molecule has 0 aliphatic carbocycles. The highest BCUT2D eigenvalue weighted by molar-refractivity contribution is 7.14. The molecule has 0 amide bonds. The molecule has 0 spiro atoms. The van der Waals surface area contributed by atoms with E-state index in [1.807, 2.05) is 29.6 Å². The zero-order valence-corrected chi connectivity index (χ0v) is 16.6. The first-order valence-electron chi connectivity index (χ1n) is 8.61. The predicted molar refractivity (Wildman–Crippen MR) is 109 cm³/mol. The summed E-state index contributed by atoms with van der Waals surface area (Å²) in [6.07, 6.45) is 0. The number of ether oxygens (including phenoxy) is 2. The molecule has 0 radical (unpaired) electrons. The van der Waals surface area contributed by atoms with Crippen molar-refractivity contribution in [3.8, 4) is 17.0 Å². The molecule has 0 saturated carbocycles.